The van der Waals surface area contributed by atoms with Gasteiger partial charge < -0.3 is 14.8 Å². The molecule has 5 nitrogen and oxygen atoms in total. The summed E-state index contributed by atoms with van der Waals surface area (Å²) in [5, 5.41) is 2.49. The number of carbonyl (C=O) groups excluding carboxylic acids is 2. The van der Waals surface area contributed by atoms with Crippen LogP contribution >= 0.6 is 0 Å². The molecule has 0 fully saturated rings. The summed E-state index contributed by atoms with van der Waals surface area (Å²) in [6.07, 6.45) is 0.925. The molecule has 0 aliphatic carbocycles. The van der Waals surface area contributed by atoms with E-state index in [1.165, 1.54) is 7.11 Å². The van der Waals surface area contributed by atoms with Crippen LogP contribution in [0.3, 0.4) is 0 Å². The van der Waals surface area contributed by atoms with Gasteiger partial charge in [-0.15, -0.1) is 0 Å². The SMILES string of the molecule is COC(=O)CNC(=O)CCc1cccc(OC)c1. The highest BCUT2D eigenvalue weighted by molar-refractivity contribution is 5.81. The Morgan fingerprint density at radius 2 is 2.06 bits per heavy atom. The number of amides is 1. The standard InChI is InChI=1S/C13H17NO4/c1-17-11-5-3-4-10(8-11)6-7-12(15)14-9-13(16)18-2/h3-5,8H,6-7,9H2,1-2H3,(H,14,15). The Balaban J connectivity index is 2.35. The molecule has 0 radical (unpaired) electrons. The summed E-state index contributed by atoms with van der Waals surface area (Å²) in [5.41, 5.74) is 1.02. The first-order valence-electron chi connectivity index (χ1n) is 5.62. The highest BCUT2D eigenvalue weighted by Crippen LogP contribution is 2.13. The van der Waals surface area contributed by atoms with E-state index in [1.54, 1.807) is 7.11 Å². The fourth-order valence-electron chi connectivity index (χ4n) is 1.42. The monoisotopic (exact) mass is 251 g/mol. The summed E-state index contributed by atoms with van der Waals surface area (Å²) in [6.45, 7) is -0.0898. The Hall–Kier alpha value is -2.04. The molecule has 0 saturated heterocycles. The van der Waals surface area contributed by atoms with Crippen molar-refractivity contribution < 1.29 is 19.1 Å². The largest absolute Gasteiger partial charge is 0.497 e. The van der Waals surface area contributed by atoms with Crippen molar-refractivity contribution in [2.75, 3.05) is 20.8 Å². The molecule has 0 bridgehead atoms. The third-order valence-corrected chi connectivity index (χ3v) is 2.43. The van der Waals surface area contributed by atoms with E-state index in [2.05, 4.69) is 10.1 Å². The lowest BCUT2D eigenvalue weighted by Gasteiger charge is -2.05. The molecule has 0 spiro atoms. The Morgan fingerprint density at radius 1 is 1.28 bits per heavy atom. The van der Waals surface area contributed by atoms with Crippen molar-refractivity contribution in [1.29, 1.82) is 0 Å². The van der Waals surface area contributed by atoms with Gasteiger partial charge in [-0.05, 0) is 24.1 Å². The smallest absolute Gasteiger partial charge is 0.325 e. The van der Waals surface area contributed by atoms with Gasteiger partial charge in [-0.1, -0.05) is 12.1 Å². The Kier molecular flexibility index (Phi) is 5.70. The number of hydrogen-bond acceptors (Lipinski definition) is 4. The van der Waals surface area contributed by atoms with E-state index in [4.69, 9.17) is 4.74 Å². The van der Waals surface area contributed by atoms with Gasteiger partial charge in [-0.25, -0.2) is 0 Å². The molecule has 1 aromatic carbocycles. The summed E-state index contributed by atoms with van der Waals surface area (Å²) in [5.74, 6) is 0.135. The molecule has 1 aromatic rings. The van der Waals surface area contributed by atoms with Crippen LogP contribution in [0.15, 0.2) is 24.3 Å². The third-order valence-electron chi connectivity index (χ3n) is 2.43. The van der Waals surface area contributed by atoms with Crippen LogP contribution in [-0.4, -0.2) is 32.6 Å². The summed E-state index contributed by atoms with van der Waals surface area (Å²) in [6, 6.07) is 7.53. The molecule has 98 valence electrons. The molecule has 0 heterocycles. The van der Waals surface area contributed by atoms with Crippen LogP contribution in [0.2, 0.25) is 0 Å². The molecular formula is C13H17NO4. The van der Waals surface area contributed by atoms with Gasteiger partial charge in [0.25, 0.3) is 0 Å². The van der Waals surface area contributed by atoms with Gasteiger partial charge in [0, 0.05) is 6.42 Å². The molecule has 0 saturated carbocycles. The fourth-order valence-corrected chi connectivity index (χ4v) is 1.42. The van der Waals surface area contributed by atoms with Gasteiger partial charge in [0.05, 0.1) is 14.2 Å². The molecule has 5 heteroatoms. The maximum Gasteiger partial charge on any atom is 0.325 e. The van der Waals surface area contributed by atoms with E-state index in [9.17, 15) is 9.59 Å². The van der Waals surface area contributed by atoms with Gasteiger partial charge >= 0.3 is 5.97 Å². The number of carbonyl (C=O) groups is 2. The molecule has 1 N–H and O–H groups in total. The van der Waals surface area contributed by atoms with E-state index in [-0.39, 0.29) is 12.5 Å². The molecule has 18 heavy (non-hydrogen) atoms. The minimum Gasteiger partial charge on any atom is -0.497 e. The van der Waals surface area contributed by atoms with Gasteiger partial charge in [-0.3, -0.25) is 9.59 Å². The predicted octanol–water partition coefficient (Wildman–Crippen LogP) is 0.917. The predicted molar refractivity (Wildman–Crippen MR) is 66.3 cm³/mol. The molecule has 1 amide bonds. The lowest BCUT2D eigenvalue weighted by atomic mass is 10.1. The van der Waals surface area contributed by atoms with Gasteiger partial charge in [-0.2, -0.15) is 0 Å². The Morgan fingerprint density at radius 3 is 2.72 bits per heavy atom. The van der Waals surface area contributed by atoms with Crippen molar-refractivity contribution in [3.8, 4) is 5.75 Å². The summed E-state index contributed by atoms with van der Waals surface area (Å²) in [4.78, 5) is 22.3. The number of esters is 1. The number of rotatable bonds is 6. The second kappa shape index (κ2) is 7.32. The van der Waals surface area contributed by atoms with Crippen LogP contribution < -0.4 is 10.1 Å². The molecule has 0 atom stereocenters. The van der Waals surface area contributed by atoms with Gasteiger partial charge in [0.15, 0.2) is 0 Å². The van der Waals surface area contributed by atoms with E-state index < -0.39 is 5.97 Å². The molecule has 0 aliphatic heterocycles. The first kappa shape index (κ1) is 14.0. The normalized spacial score (nSPS) is 9.67. The highest BCUT2D eigenvalue weighted by atomic mass is 16.5. The highest BCUT2D eigenvalue weighted by Gasteiger charge is 2.05. The van der Waals surface area contributed by atoms with E-state index in [0.29, 0.717) is 12.8 Å². The van der Waals surface area contributed by atoms with Crippen molar-refractivity contribution in [3.63, 3.8) is 0 Å². The quantitative estimate of drug-likeness (QED) is 0.763. The molecule has 0 unspecified atom stereocenters. The Labute approximate surface area is 106 Å². The van der Waals surface area contributed by atoms with Crippen LogP contribution in [0, 0.1) is 0 Å². The maximum absolute atomic E-state index is 11.4. The Bertz CT molecular complexity index is 417. The van der Waals surface area contributed by atoms with Crippen LogP contribution in [0.1, 0.15) is 12.0 Å². The average Bonchev–Trinajstić information content (AvgIpc) is 2.42. The van der Waals surface area contributed by atoms with Crippen LogP contribution in [0.4, 0.5) is 0 Å². The average molecular weight is 251 g/mol. The summed E-state index contributed by atoms with van der Waals surface area (Å²) in [7, 11) is 2.88. The van der Waals surface area contributed by atoms with Crippen molar-refractivity contribution in [2.45, 2.75) is 12.8 Å². The second-order valence-electron chi connectivity index (χ2n) is 3.70. The lowest BCUT2D eigenvalue weighted by Crippen LogP contribution is -2.30. The number of aryl methyl sites for hydroxylation is 1. The van der Waals surface area contributed by atoms with Crippen molar-refractivity contribution in [1.82, 2.24) is 5.32 Å². The van der Waals surface area contributed by atoms with Gasteiger partial charge in [0.2, 0.25) is 5.91 Å². The molecular weight excluding hydrogens is 234 g/mol. The first-order chi connectivity index (χ1) is 8.65. The number of nitrogens with one attached hydrogen (secondary N) is 1. The van der Waals surface area contributed by atoms with E-state index in [1.807, 2.05) is 24.3 Å². The zero-order valence-corrected chi connectivity index (χ0v) is 10.6. The molecule has 1 rings (SSSR count). The first-order valence-corrected chi connectivity index (χ1v) is 5.62. The summed E-state index contributed by atoms with van der Waals surface area (Å²) < 4.78 is 9.52. The number of hydrogen-bond donors (Lipinski definition) is 1. The van der Waals surface area contributed by atoms with Crippen LogP contribution in [0.25, 0.3) is 0 Å². The second-order valence-corrected chi connectivity index (χ2v) is 3.70. The fraction of sp³-hybridized carbons (Fsp3) is 0.385. The topological polar surface area (TPSA) is 64.6 Å². The number of methoxy groups -OCH3 is 2. The number of benzene rings is 1. The van der Waals surface area contributed by atoms with E-state index in [0.717, 1.165) is 11.3 Å². The minimum atomic E-state index is -0.454. The van der Waals surface area contributed by atoms with Crippen LogP contribution in [-0.2, 0) is 20.7 Å². The zero-order chi connectivity index (χ0) is 13.4. The number of ether oxygens (including phenoxy) is 2. The zero-order valence-electron chi connectivity index (χ0n) is 10.6. The summed E-state index contributed by atoms with van der Waals surface area (Å²) >= 11 is 0. The van der Waals surface area contributed by atoms with Gasteiger partial charge in [0.1, 0.15) is 12.3 Å². The van der Waals surface area contributed by atoms with E-state index >= 15 is 0 Å². The minimum absolute atomic E-state index is 0.0898. The van der Waals surface area contributed by atoms with Crippen molar-refractivity contribution in [3.05, 3.63) is 29.8 Å². The third kappa shape index (κ3) is 4.86. The van der Waals surface area contributed by atoms with Crippen molar-refractivity contribution in [2.24, 2.45) is 0 Å². The lowest BCUT2D eigenvalue weighted by molar-refractivity contribution is -0.141. The van der Waals surface area contributed by atoms with Crippen molar-refractivity contribution >= 4 is 11.9 Å². The molecule has 0 aliphatic rings. The molecule has 0 aromatic heterocycles. The van der Waals surface area contributed by atoms with Crippen LogP contribution in [0.5, 0.6) is 5.75 Å². The maximum atomic E-state index is 11.4.